The highest BCUT2D eigenvalue weighted by atomic mass is 16.5. The van der Waals surface area contributed by atoms with Crippen molar-refractivity contribution in [3.05, 3.63) is 18.2 Å². The Kier molecular flexibility index (Phi) is 3.64. The molecule has 0 aromatic carbocycles. The molecule has 16 heavy (non-hydrogen) atoms. The fourth-order valence-electron chi connectivity index (χ4n) is 1.37. The normalized spacial score (nSPS) is 13.9. The van der Waals surface area contributed by atoms with Crippen LogP contribution in [0, 0.1) is 11.3 Å². The third kappa shape index (κ3) is 2.04. The summed E-state index contributed by atoms with van der Waals surface area (Å²) in [5, 5.41) is 18.8. The molecule has 1 aromatic rings. The first kappa shape index (κ1) is 12.2. The van der Waals surface area contributed by atoms with Crippen molar-refractivity contribution in [1.29, 1.82) is 5.26 Å². The second-order valence-corrected chi connectivity index (χ2v) is 3.28. The van der Waals surface area contributed by atoms with Crippen molar-refractivity contribution in [1.82, 2.24) is 9.55 Å². The van der Waals surface area contributed by atoms with Crippen LogP contribution in [0.4, 0.5) is 0 Å². The molecule has 1 aromatic heterocycles. The minimum absolute atomic E-state index is 0.104. The van der Waals surface area contributed by atoms with Gasteiger partial charge in [0.05, 0.1) is 19.1 Å². The molecule has 0 spiro atoms. The van der Waals surface area contributed by atoms with Crippen molar-refractivity contribution in [3.8, 4) is 6.07 Å². The van der Waals surface area contributed by atoms with Crippen LogP contribution in [0.15, 0.2) is 12.4 Å². The molecule has 0 radical (unpaired) electrons. The highest BCUT2D eigenvalue weighted by Crippen LogP contribution is 2.24. The molecule has 0 unspecified atom stereocenters. The van der Waals surface area contributed by atoms with E-state index in [9.17, 15) is 9.90 Å². The van der Waals surface area contributed by atoms with Crippen LogP contribution in [0.3, 0.4) is 0 Å². The van der Waals surface area contributed by atoms with Crippen molar-refractivity contribution >= 4 is 5.97 Å². The molecule has 0 bridgehead atoms. The predicted molar refractivity (Wildman–Crippen MR) is 54.0 cm³/mol. The van der Waals surface area contributed by atoms with Gasteiger partial charge in [0.1, 0.15) is 0 Å². The zero-order valence-corrected chi connectivity index (χ0v) is 9.17. The van der Waals surface area contributed by atoms with Gasteiger partial charge in [0.25, 0.3) is 0 Å². The van der Waals surface area contributed by atoms with Gasteiger partial charge >= 0.3 is 5.97 Å². The van der Waals surface area contributed by atoms with Gasteiger partial charge < -0.3 is 14.4 Å². The minimum Gasteiger partial charge on any atom is -0.463 e. The monoisotopic (exact) mass is 223 g/mol. The van der Waals surface area contributed by atoms with E-state index < -0.39 is 18.0 Å². The third-order valence-electron chi connectivity index (χ3n) is 2.14. The van der Waals surface area contributed by atoms with E-state index in [0.29, 0.717) is 0 Å². The van der Waals surface area contributed by atoms with E-state index in [4.69, 9.17) is 10.00 Å². The van der Waals surface area contributed by atoms with E-state index in [1.165, 1.54) is 10.8 Å². The standard InChI is InChI=1S/C10H13N3O3/c1-3-16-9(14)10(15,4-5-11)8-12-6-7-13(8)2/h6-7,15H,3-4H2,1-2H3/t10-/m0/s1. The number of carbonyl (C=O) groups is 1. The molecule has 0 aliphatic rings. The summed E-state index contributed by atoms with van der Waals surface area (Å²) in [5.41, 5.74) is -2.00. The van der Waals surface area contributed by atoms with Crippen LogP contribution in [-0.2, 0) is 22.2 Å². The molecule has 0 amide bonds. The van der Waals surface area contributed by atoms with Crippen LogP contribution in [-0.4, -0.2) is 27.2 Å². The summed E-state index contributed by atoms with van der Waals surface area (Å²) in [6, 6.07) is 1.76. The molecule has 1 rings (SSSR count). The average Bonchev–Trinajstić information content (AvgIpc) is 2.65. The summed E-state index contributed by atoms with van der Waals surface area (Å²) in [6.45, 7) is 1.76. The second kappa shape index (κ2) is 4.77. The summed E-state index contributed by atoms with van der Waals surface area (Å²) in [6.07, 6.45) is 2.63. The van der Waals surface area contributed by atoms with Crippen LogP contribution in [0.5, 0.6) is 0 Å². The van der Waals surface area contributed by atoms with Crippen LogP contribution in [0.1, 0.15) is 19.2 Å². The van der Waals surface area contributed by atoms with Crippen LogP contribution in [0.2, 0.25) is 0 Å². The Balaban J connectivity index is 3.12. The fourth-order valence-corrected chi connectivity index (χ4v) is 1.37. The molecular formula is C10H13N3O3. The molecule has 0 saturated carbocycles. The number of imidazole rings is 1. The highest BCUT2D eigenvalue weighted by molar-refractivity contribution is 5.80. The topological polar surface area (TPSA) is 88.1 Å². The number of hydrogen-bond acceptors (Lipinski definition) is 5. The van der Waals surface area contributed by atoms with Gasteiger partial charge in [0.15, 0.2) is 5.82 Å². The SMILES string of the molecule is CCOC(=O)[C@](O)(CC#N)c1nccn1C. The lowest BCUT2D eigenvalue weighted by Crippen LogP contribution is -2.39. The van der Waals surface area contributed by atoms with Crippen LogP contribution >= 0.6 is 0 Å². The number of carbonyl (C=O) groups excluding carboxylic acids is 1. The summed E-state index contributed by atoms with van der Waals surface area (Å²) in [7, 11) is 1.63. The number of aryl methyl sites for hydroxylation is 1. The molecule has 0 saturated heterocycles. The van der Waals surface area contributed by atoms with E-state index in [2.05, 4.69) is 4.98 Å². The zero-order chi connectivity index (χ0) is 12.2. The van der Waals surface area contributed by atoms with Gasteiger partial charge in [-0.05, 0) is 6.92 Å². The number of aliphatic hydroxyl groups is 1. The molecule has 6 heteroatoms. The molecule has 0 fully saturated rings. The number of hydrogen-bond donors (Lipinski definition) is 1. The van der Waals surface area contributed by atoms with Crippen molar-refractivity contribution < 1.29 is 14.6 Å². The van der Waals surface area contributed by atoms with Gasteiger partial charge in [0, 0.05) is 19.4 Å². The molecule has 6 nitrogen and oxygen atoms in total. The Labute approximate surface area is 93.1 Å². The quantitative estimate of drug-likeness (QED) is 0.730. The van der Waals surface area contributed by atoms with E-state index in [0.717, 1.165) is 0 Å². The van der Waals surface area contributed by atoms with E-state index in [1.807, 2.05) is 0 Å². The highest BCUT2D eigenvalue weighted by Gasteiger charge is 2.43. The lowest BCUT2D eigenvalue weighted by Gasteiger charge is -2.22. The number of nitriles is 1. The number of rotatable bonds is 4. The zero-order valence-electron chi connectivity index (χ0n) is 9.17. The number of aromatic nitrogens is 2. The first-order valence-electron chi connectivity index (χ1n) is 4.80. The third-order valence-corrected chi connectivity index (χ3v) is 2.14. The molecule has 0 aliphatic heterocycles. The van der Waals surface area contributed by atoms with Crippen molar-refractivity contribution in [2.75, 3.05) is 6.61 Å². The molecule has 0 aliphatic carbocycles. The second-order valence-electron chi connectivity index (χ2n) is 3.28. The molecular weight excluding hydrogens is 210 g/mol. The first-order chi connectivity index (χ1) is 7.56. The molecule has 1 heterocycles. The van der Waals surface area contributed by atoms with Gasteiger partial charge in [-0.25, -0.2) is 9.78 Å². The summed E-state index contributed by atoms with van der Waals surface area (Å²) in [4.78, 5) is 15.5. The maximum atomic E-state index is 11.6. The smallest absolute Gasteiger partial charge is 0.347 e. The largest absolute Gasteiger partial charge is 0.463 e. The number of ether oxygens (including phenoxy) is 1. The summed E-state index contributed by atoms with van der Waals surface area (Å²) in [5.74, 6) is -0.752. The van der Waals surface area contributed by atoms with E-state index in [-0.39, 0.29) is 12.4 Å². The fraction of sp³-hybridized carbons (Fsp3) is 0.500. The van der Waals surface area contributed by atoms with Crippen molar-refractivity contribution in [2.45, 2.75) is 18.9 Å². The number of nitrogens with zero attached hydrogens (tertiary/aromatic N) is 3. The van der Waals surface area contributed by atoms with Crippen LogP contribution < -0.4 is 0 Å². The van der Waals surface area contributed by atoms with E-state index in [1.54, 1.807) is 26.2 Å². The maximum Gasteiger partial charge on any atom is 0.347 e. The molecule has 86 valence electrons. The van der Waals surface area contributed by atoms with Gasteiger partial charge in [-0.2, -0.15) is 5.26 Å². The van der Waals surface area contributed by atoms with Gasteiger partial charge in [0.2, 0.25) is 5.60 Å². The van der Waals surface area contributed by atoms with Crippen molar-refractivity contribution in [2.24, 2.45) is 7.05 Å². The van der Waals surface area contributed by atoms with Gasteiger partial charge in [-0.3, -0.25) is 0 Å². The summed E-state index contributed by atoms with van der Waals surface area (Å²) >= 11 is 0. The number of esters is 1. The van der Waals surface area contributed by atoms with E-state index >= 15 is 0 Å². The Morgan fingerprint density at radius 2 is 2.50 bits per heavy atom. The lowest BCUT2D eigenvalue weighted by molar-refractivity contribution is -0.167. The Morgan fingerprint density at radius 3 is 2.94 bits per heavy atom. The average molecular weight is 223 g/mol. The Bertz CT molecular complexity index is 421. The Morgan fingerprint density at radius 1 is 1.81 bits per heavy atom. The molecule has 1 atom stereocenters. The lowest BCUT2D eigenvalue weighted by atomic mass is 10.00. The maximum absolute atomic E-state index is 11.6. The summed E-state index contributed by atoms with van der Waals surface area (Å²) < 4.78 is 6.23. The Hall–Kier alpha value is -1.87. The van der Waals surface area contributed by atoms with Gasteiger partial charge in [-0.1, -0.05) is 0 Å². The van der Waals surface area contributed by atoms with Gasteiger partial charge in [-0.15, -0.1) is 0 Å². The first-order valence-corrected chi connectivity index (χ1v) is 4.80. The minimum atomic E-state index is -2.00. The predicted octanol–water partition coefficient (Wildman–Crippen LogP) is 0.0845. The molecule has 1 N–H and O–H groups in total. The van der Waals surface area contributed by atoms with Crippen molar-refractivity contribution in [3.63, 3.8) is 0 Å². The van der Waals surface area contributed by atoms with Crippen LogP contribution in [0.25, 0.3) is 0 Å².